The van der Waals surface area contributed by atoms with Crippen LogP contribution in [0.3, 0.4) is 0 Å². The topological polar surface area (TPSA) is 104 Å². The number of amides is 2. The van der Waals surface area contributed by atoms with E-state index in [1.165, 1.54) is 44.4 Å². The fraction of sp³-hybridized carbons (Fsp3) is 0.300. The summed E-state index contributed by atoms with van der Waals surface area (Å²) in [4.78, 5) is 42.6. The standard InChI is InChI=1S/C30H28ClF2N3O6S/c31-21-5-3-6-23(17-21)43(40,41)36-15-13-34(14-16-36)28(37)24-7-1-2-8-25(24)30(39)42-27-9-4-12-35(29(27)38)19-20-10-11-22(32)18-26(20)33/h1-3,5-8,10-11,17-18,27H,4,9,12-16,19H2. The van der Waals surface area contributed by atoms with E-state index in [1.54, 1.807) is 24.3 Å². The number of piperidine rings is 1. The third-order valence-electron chi connectivity index (χ3n) is 7.44. The van der Waals surface area contributed by atoms with Gasteiger partial charge in [-0.2, -0.15) is 4.31 Å². The number of benzene rings is 3. The lowest BCUT2D eigenvalue weighted by Crippen LogP contribution is -2.50. The SMILES string of the molecule is O=C(OC1CCCN(Cc2ccc(F)cc2F)C1=O)c1ccccc1C(=O)N1CCN(S(=O)(=O)c2cccc(Cl)c2)CC1. The number of likely N-dealkylation sites (tertiary alicyclic amines) is 1. The number of rotatable bonds is 7. The Bertz CT molecular complexity index is 1660. The molecular formula is C30H28ClF2N3O6S. The fourth-order valence-corrected chi connectivity index (χ4v) is 6.87. The van der Waals surface area contributed by atoms with Gasteiger partial charge < -0.3 is 14.5 Å². The number of esters is 1. The molecule has 13 heteroatoms. The molecule has 1 atom stereocenters. The normalized spacial score (nSPS) is 18.0. The number of carbonyl (C=O) groups is 3. The Labute approximate surface area is 252 Å². The van der Waals surface area contributed by atoms with E-state index < -0.39 is 45.5 Å². The molecule has 3 aromatic rings. The summed E-state index contributed by atoms with van der Waals surface area (Å²) in [7, 11) is -3.81. The van der Waals surface area contributed by atoms with Crippen LogP contribution < -0.4 is 0 Å². The molecule has 1 unspecified atom stereocenters. The molecule has 3 aromatic carbocycles. The molecule has 0 aliphatic carbocycles. The highest BCUT2D eigenvalue weighted by molar-refractivity contribution is 7.89. The largest absolute Gasteiger partial charge is 0.449 e. The summed E-state index contributed by atoms with van der Waals surface area (Å²) in [6.45, 7) is 0.503. The molecule has 0 aromatic heterocycles. The van der Waals surface area contributed by atoms with Crippen molar-refractivity contribution in [1.29, 1.82) is 0 Å². The van der Waals surface area contributed by atoms with E-state index in [2.05, 4.69) is 0 Å². The predicted octanol–water partition coefficient (Wildman–Crippen LogP) is 4.11. The van der Waals surface area contributed by atoms with Crippen LogP contribution in [0.5, 0.6) is 0 Å². The summed E-state index contributed by atoms with van der Waals surface area (Å²) >= 11 is 5.96. The van der Waals surface area contributed by atoms with Gasteiger partial charge in [0, 0.05) is 55.9 Å². The van der Waals surface area contributed by atoms with Crippen molar-refractivity contribution in [3.63, 3.8) is 0 Å². The maximum Gasteiger partial charge on any atom is 0.339 e. The number of sulfonamides is 1. The van der Waals surface area contributed by atoms with Crippen LogP contribution in [0.4, 0.5) is 8.78 Å². The third-order valence-corrected chi connectivity index (χ3v) is 9.57. The van der Waals surface area contributed by atoms with Crippen molar-refractivity contribution < 1.29 is 36.3 Å². The van der Waals surface area contributed by atoms with E-state index in [1.807, 2.05) is 0 Å². The molecule has 0 saturated carbocycles. The first-order chi connectivity index (χ1) is 20.5. The van der Waals surface area contributed by atoms with E-state index >= 15 is 0 Å². The Morgan fingerprint density at radius 2 is 1.63 bits per heavy atom. The highest BCUT2D eigenvalue weighted by atomic mass is 35.5. The molecule has 0 radical (unpaired) electrons. The van der Waals surface area contributed by atoms with Gasteiger partial charge in [0.25, 0.3) is 11.8 Å². The van der Waals surface area contributed by atoms with Crippen LogP contribution >= 0.6 is 11.6 Å². The summed E-state index contributed by atoms with van der Waals surface area (Å²) < 4.78 is 60.4. The quantitative estimate of drug-likeness (QED) is 0.364. The third kappa shape index (κ3) is 6.71. The predicted molar refractivity (Wildman–Crippen MR) is 153 cm³/mol. The van der Waals surface area contributed by atoms with Gasteiger partial charge in [0.2, 0.25) is 10.0 Å². The first kappa shape index (κ1) is 30.6. The van der Waals surface area contributed by atoms with Crippen molar-refractivity contribution in [3.05, 3.63) is 100 Å². The van der Waals surface area contributed by atoms with Gasteiger partial charge in [-0.25, -0.2) is 22.0 Å². The number of carbonyl (C=O) groups excluding carboxylic acids is 3. The minimum absolute atomic E-state index is 0.0315. The van der Waals surface area contributed by atoms with E-state index in [0.717, 1.165) is 12.1 Å². The number of ether oxygens (including phenoxy) is 1. The van der Waals surface area contributed by atoms with Crippen LogP contribution in [0.25, 0.3) is 0 Å². The maximum atomic E-state index is 14.2. The van der Waals surface area contributed by atoms with Gasteiger partial charge >= 0.3 is 5.97 Å². The Balaban J connectivity index is 1.24. The number of piperazine rings is 1. The molecule has 2 aliphatic heterocycles. The average Bonchev–Trinajstić information content (AvgIpc) is 3.00. The first-order valence-electron chi connectivity index (χ1n) is 13.6. The zero-order valence-electron chi connectivity index (χ0n) is 22.9. The second-order valence-electron chi connectivity index (χ2n) is 10.2. The van der Waals surface area contributed by atoms with Gasteiger partial charge in [0.1, 0.15) is 11.6 Å². The number of nitrogens with zero attached hydrogens (tertiary/aromatic N) is 3. The average molecular weight is 632 g/mol. The molecule has 2 saturated heterocycles. The minimum Gasteiger partial charge on any atom is -0.449 e. The van der Waals surface area contributed by atoms with Gasteiger partial charge in [-0.3, -0.25) is 9.59 Å². The lowest BCUT2D eigenvalue weighted by atomic mass is 10.0. The molecule has 226 valence electrons. The van der Waals surface area contributed by atoms with Crippen LogP contribution in [-0.2, 0) is 26.1 Å². The van der Waals surface area contributed by atoms with E-state index in [4.69, 9.17) is 16.3 Å². The fourth-order valence-electron chi connectivity index (χ4n) is 5.15. The van der Waals surface area contributed by atoms with Gasteiger partial charge in [0.05, 0.1) is 16.0 Å². The summed E-state index contributed by atoms with van der Waals surface area (Å²) in [5, 5.41) is 0.294. The molecule has 9 nitrogen and oxygen atoms in total. The van der Waals surface area contributed by atoms with Crippen molar-refractivity contribution in [3.8, 4) is 0 Å². The summed E-state index contributed by atoms with van der Waals surface area (Å²) in [6.07, 6.45) is -0.380. The second kappa shape index (κ2) is 12.8. The van der Waals surface area contributed by atoms with E-state index in [0.29, 0.717) is 18.0 Å². The molecule has 0 N–H and O–H groups in total. The van der Waals surface area contributed by atoms with Crippen molar-refractivity contribution in [2.24, 2.45) is 0 Å². The lowest BCUT2D eigenvalue weighted by Gasteiger charge is -2.34. The molecule has 5 rings (SSSR count). The second-order valence-corrected chi connectivity index (χ2v) is 12.6. The lowest BCUT2D eigenvalue weighted by molar-refractivity contribution is -0.145. The number of hydrogen-bond donors (Lipinski definition) is 0. The van der Waals surface area contributed by atoms with Crippen LogP contribution in [0.1, 0.15) is 39.1 Å². The molecule has 2 heterocycles. The molecule has 0 spiro atoms. The zero-order chi connectivity index (χ0) is 30.7. The number of hydrogen-bond acceptors (Lipinski definition) is 6. The van der Waals surface area contributed by atoms with Crippen molar-refractivity contribution >= 4 is 39.4 Å². The smallest absolute Gasteiger partial charge is 0.339 e. The molecule has 2 fully saturated rings. The zero-order valence-corrected chi connectivity index (χ0v) is 24.5. The van der Waals surface area contributed by atoms with Gasteiger partial charge in [-0.15, -0.1) is 0 Å². The monoisotopic (exact) mass is 631 g/mol. The number of halogens is 3. The summed E-state index contributed by atoms with van der Waals surface area (Å²) in [5.74, 6) is -3.35. The molecular weight excluding hydrogens is 604 g/mol. The van der Waals surface area contributed by atoms with Crippen molar-refractivity contribution in [1.82, 2.24) is 14.1 Å². The first-order valence-corrected chi connectivity index (χ1v) is 15.4. The highest BCUT2D eigenvalue weighted by Crippen LogP contribution is 2.24. The molecule has 43 heavy (non-hydrogen) atoms. The van der Waals surface area contributed by atoms with Crippen LogP contribution in [0.2, 0.25) is 5.02 Å². The highest BCUT2D eigenvalue weighted by Gasteiger charge is 2.35. The Morgan fingerprint density at radius 3 is 2.33 bits per heavy atom. The van der Waals surface area contributed by atoms with E-state index in [-0.39, 0.29) is 60.7 Å². The van der Waals surface area contributed by atoms with Gasteiger partial charge in [-0.05, 0) is 49.2 Å². The Morgan fingerprint density at radius 1 is 0.907 bits per heavy atom. The van der Waals surface area contributed by atoms with Crippen molar-refractivity contribution in [2.75, 3.05) is 32.7 Å². The summed E-state index contributed by atoms with van der Waals surface area (Å²) in [6, 6.07) is 15.1. The molecule has 2 amide bonds. The summed E-state index contributed by atoms with van der Waals surface area (Å²) in [5.41, 5.74) is 0.168. The Kier molecular flexibility index (Phi) is 9.09. The van der Waals surface area contributed by atoms with Crippen LogP contribution in [0, 0.1) is 11.6 Å². The molecule has 2 aliphatic rings. The maximum absolute atomic E-state index is 14.2. The minimum atomic E-state index is -3.81. The van der Waals surface area contributed by atoms with Gasteiger partial charge in [-0.1, -0.05) is 35.9 Å². The van der Waals surface area contributed by atoms with Gasteiger partial charge in [0.15, 0.2) is 6.10 Å². The Hall–Kier alpha value is -3.87. The van der Waals surface area contributed by atoms with E-state index in [9.17, 15) is 31.6 Å². The van der Waals surface area contributed by atoms with Crippen LogP contribution in [-0.4, -0.2) is 79.1 Å². The van der Waals surface area contributed by atoms with Crippen molar-refractivity contribution in [2.45, 2.75) is 30.4 Å². The molecule has 0 bridgehead atoms. The van der Waals surface area contributed by atoms with Crippen LogP contribution in [0.15, 0.2) is 71.6 Å².